The van der Waals surface area contributed by atoms with Crippen molar-refractivity contribution in [3.05, 3.63) is 29.3 Å². The predicted molar refractivity (Wildman–Crippen MR) is 88.3 cm³/mol. The van der Waals surface area contributed by atoms with E-state index in [2.05, 4.69) is 70.1 Å². The van der Waals surface area contributed by atoms with Crippen molar-refractivity contribution >= 4 is 5.69 Å². The van der Waals surface area contributed by atoms with Gasteiger partial charge in [0.15, 0.2) is 0 Å². The fourth-order valence-corrected chi connectivity index (χ4v) is 2.73. The zero-order chi connectivity index (χ0) is 14.9. The highest BCUT2D eigenvalue weighted by Crippen LogP contribution is 2.39. The SMILES string of the molecule is Cc1cc(CNC(C)(C)C)ccc1N(C)CC1CC1C. The second kappa shape index (κ2) is 5.77. The number of hydrogen-bond donors (Lipinski definition) is 1. The lowest BCUT2D eigenvalue weighted by Gasteiger charge is -2.23. The van der Waals surface area contributed by atoms with Crippen LogP contribution in [0.15, 0.2) is 18.2 Å². The number of nitrogens with zero attached hydrogens (tertiary/aromatic N) is 1. The van der Waals surface area contributed by atoms with Crippen LogP contribution in [0.4, 0.5) is 5.69 Å². The maximum atomic E-state index is 3.55. The smallest absolute Gasteiger partial charge is 0.0393 e. The number of anilines is 1. The summed E-state index contributed by atoms with van der Waals surface area (Å²) in [6.45, 7) is 13.3. The molecule has 1 aromatic rings. The molecule has 1 aromatic carbocycles. The molecule has 1 aliphatic carbocycles. The van der Waals surface area contributed by atoms with Gasteiger partial charge in [0.25, 0.3) is 0 Å². The van der Waals surface area contributed by atoms with Gasteiger partial charge in [-0.1, -0.05) is 19.1 Å². The van der Waals surface area contributed by atoms with E-state index in [0.717, 1.165) is 18.4 Å². The Bertz CT molecular complexity index is 459. The normalized spacial score (nSPS) is 21.9. The van der Waals surface area contributed by atoms with Crippen LogP contribution >= 0.6 is 0 Å². The number of aryl methyl sites for hydroxylation is 1. The Morgan fingerprint density at radius 2 is 1.95 bits per heavy atom. The summed E-state index contributed by atoms with van der Waals surface area (Å²) in [6.07, 6.45) is 1.40. The predicted octanol–water partition coefficient (Wildman–Crippen LogP) is 3.98. The molecule has 0 spiro atoms. The van der Waals surface area contributed by atoms with Crippen LogP contribution in [-0.2, 0) is 6.54 Å². The quantitative estimate of drug-likeness (QED) is 0.874. The first-order valence-corrected chi connectivity index (χ1v) is 7.82. The van der Waals surface area contributed by atoms with Gasteiger partial charge >= 0.3 is 0 Å². The zero-order valence-electron chi connectivity index (χ0n) is 14.0. The highest BCUT2D eigenvalue weighted by Gasteiger charge is 2.33. The molecule has 0 radical (unpaired) electrons. The van der Waals surface area contributed by atoms with Gasteiger partial charge in [0.1, 0.15) is 0 Å². The number of rotatable bonds is 5. The fraction of sp³-hybridized carbons (Fsp3) is 0.667. The number of hydrogen-bond acceptors (Lipinski definition) is 2. The molecule has 0 aromatic heterocycles. The Balaban J connectivity index is 1.98. The molecule has 0 aliphatic heterocycles. The van der Waals surface area contributed by atoms with Gasteiger partial charge in [0.05, 0.1) is 0 Å². The van der Waals surface area contributed by atoms with E-state index in [9.17, 15) is 0 Å². The average molecular weight is 274 g/mol. The molecule has 1 aliphatic rings. The molecule has 2 atom stereocenters. The van der Waals surface area contributed by atoms with E-state index >= 15 is 0 Å². The Labute approximate surface area is 124 Å². The van der Waals surface area contributed by atoms with Crippen LogP contribution in [0.5, 0.6) is 0 Å². The maximum absolute atomic E-state index is 3.55. The second-order valence-corrected chi connectivity index (χ2v) is 7.58. The summed E-state index contributed by atoms with van der Waals surface area (Å²) < 4.78 is 0. The molecule has 1 N–H and O–H groups in total. The Morgan fingerprint density at radius 3 is 2.45 bits per heavy atom. The van der Waals surface area contributed by atoms with Crippen LogP contribution in [-0.4, -0.2) is 19.1 Å². The van der Waals surface area contributed by atoms with E-state index in [1.807, 2.05) is 0 Å². The highest BCUT2D eigenvalue weighted by atomic mass is 15.1. The molecule has 2 rings (SSSR count). The summed E-state index contributed by atoms with van der Waals surface area (Å²) in [6, 6.07) is 6.86. The minimum atomic E-state index is 0.172. The van der Waals surface area contributed by atoms with Crippen molar-refractivity contribution in [2.75, 3.05) is 18.5 Å². The summed E-state index contributed by atoms with van der Waals surface area (Å²) in [5.41, 5.74) is 4.30. The summed E-state index contributed by atoms with van der Waals surface area (Å²) in [4.78, 5) is 2.42. The van der Waals surface area contributed by atoms with Gasteiger partial charge in [-0.15, -0.1) is 0 Å². The lowest BCUT2D eigenvalue weighted by atomic mass is 10.1. The van der Waals surface area contributed by atoms with Gasteiger partial charge in [-0.2, -0.15) is 0 Å². The van der Waals surface area contributed by atoms with Gasteiger partial charge < -0.3 is 10.2 Å². The molecule has 0 bridgehead atoms. The third-order valence-electron chi connectivity index (χ3n) is 4.28. The third-order valence-corrected chi connectivity index (χ3v) is 4.28. The molecule has 2 heteroatoms. The summed E-state index contributed by atoms with van der Waals surface area (Å²) in [7, 11) is 2.22. The zero-order valence-corrected chi connectivity index (χ0v) is 14.0. The van der Waals surface area contributed by atoms with Crippen LogP contribution in [0.2, 0.25) is 0 Å². The summed E-state index contributed by atoms with van der Waals surface area (Å²) in [5, 5.41) is 3.55. The molecule has 2 unspecified atom stereocenters. The van der Waals surface area contributed by atoms with Crippen molar-refractivity contribution in [3.63, 3.8) is 0 Å². The van der Waals surface area contributed by atoms with Gasteiger partial charge in [-0.05, 0) is 63.1 Å². The Kier molecular flexibility index (Phi) is 4.43. The molecule has 0 amide bonds. The molecule has 0 heterocycles. The number of nitrogens with one attached hydrogen (secondary N) is 1. The Hall–Kier alpha value is -1.02. The molecule has 112 valence electrons. The monoisotopic (exact) mass is 274 g/mol. The molecule has 20 heavy (non-hydrogen) atoms. The fourth-order valence-electron chi connectivity index (χ4n) is 2.73. The van der Waals surface area contributed by atoms with Crippen LogP contribution in [0.1, 0.15) is 45.2 Å². The van der Waals surface area contributed by atoms with E-state index in [1.165, 1.54) is 29.8 Å². The first-order valence-electron chi connectivity index (χ1n) is 7.82. The van der Waals surface area contributed by atoms with E-state index in [1.54, 1.807) is 0 Å². The van der Waals surface area contributed by atoms with Crippen LogP contribution < -0.4 is 10.2 Å². The van der Waals surface area contributed by atoms with E-state index in [-0.39, 0.29) is 5.54 Å². The maximum Gasteiger partial charge on any atom is 0.0393 e. The van der Waals surface area contributed by atoms with Gasteiger partial charge in [-0.25, -0.2) is 0 Å². The highest BCUT2D eigenvalue weighted by molar-refractivity contribution is 5.54. The number of benzene rings is 1. The Morgan fingerprint density at radius 1 is 1.30 bits per heavy atom. The van der Waals surface area contributed by atoms with Crippen LogP contribution in [0, 0.1) is 18.8 Å². The molecule has 1 fully saturated rings. The molecule has 1 saturated carbocycles. The van der Waals surface area contributed by atoms with E-state index in [4.69, 9.17) is 0 Å². The van der Waals surface area contributed by atoms with Gasteiger partial charge in [0, 0.05) is 31.4 Å². The lowest BCUT2D eigenvalue weighted by Crippen LogP contribution is -2.35. The van der Waals surface area contributed by atoms with Gasteiger partial charge in [-0.3, -0.25) is 0 Å². The van der Waals surface area contributed by atoms with Crippen molar-refractivity contribution in [3.8, 4) is 0 Å². The first kappa shape index (κ1) is 15.4. The second-order valence-electron chi connectivity index (χ2n) is 7.58. The largest absolute Gasteiger partial charge is 0.374 e. The lowest BCUT2D eigenvalue weighted by molar-refractivity contribution is 0.424. The average Bonchev–Trinajstić information content (AvgIpc) is 3.01. The molecular formula is C18H30N2. The van der Waals surface area contributed by atoms with Crippen molar-refractivity contribution in [2.45, 2.75) is 53.1 Å². The van der Waals surface area contributed by atoms with Crippen molar-refractivity contribution < 1.29 is 0 Å². The van der Waals surface area contributed by atoms with E-state index in [0.29, 0.717) is 0 Å². The van der Waals surface area contributed by atoms with Crippen molar-refractivity contribution in [1.29, 1.82) is 0 Å². The summed E-state index contributed by atoms with van der Waals surface area (Å²) >= 11 is 0. The van der Waals surface area contributed by atoms with Crippen molar-refractivity contribution in [1.82, 2.24) is 5.32 Å². The van der Waals surface area contributed by atoms with Crippen LogP contribution in [0.3, 0.4) is 0 Å². The van der Waals surface area contributed by atoms with Crippen LogP contribution in [0.25, 0.3) is 0 Å². The molecular weight excluding hydrogens is 244 g/mol. The first-order chi connectivity index (χ1) is 9.26. The third kappa shape index (κ3) is 4.24. The van der Waals surface area contributed by atoms with Crippen molar-refractivity contribution in [2.24, 2.45) is 11.8 Å². The molecule has 2 nitrogen and oxygen atoms in total. The summed E-state index contributed by atoms with van der Waals surface area (Å²) in [5.74, 6) is 1.83. The van der Waals surface area contributed by atoms with Gasteiger partial charge in [0.2, 0.25) is 0 Å². The topological polar surface area (TPSA) is 15.3 Å². The molecule has 0 saturated heterocycles. The minimum Gasteiger partial charge on any atom is -0.374 e. The van der Waals surface area contributed by atoms with E-state index < -0.39 is 0 Å². The minimum absolute atomic E-state index is 0.172. The standard InChI is InChI=1S/C18H30N2/c1-13-10-16(13)12-20(6)17-8-7-15(9-14(17)2)11-19-18(3,4)5/h7-9,13,16,19H,10-12H2,1-6H3.